The molecule has 1 aliphatic rings. The van der Waals surface area contributed by atoms with E-state index in [1.54, 1.807) is 55.4 Å². The average molecular weight is 434 g/mol. The monoisotopic (exact) mass is 434 g/mol. The van der Waals surface area contributed by atoms with Crippen molar-refractivity contribution < 1.29 is 14.3 Å². The maximum absolute atomic E-state index is 15.5. The van der Waals surface area contributed by atoms with Crippen LogP contribution in [0.4, 0.5) is 10.2 Å². The number of rotatable bonds is 6. The normalized spacial score (nSPS) is 14.6. The highest BCUT2D eigenvalue weighted by atomic mass is 19.1. The first kappa shape index (κ1) is 20.3. The van der Waals surface area contributed by atoms with Crippen molar-refractivity contribution in [2.75, 3.05) is 12.4 Å². The lowest BCUT2D eigenvalue weighted by Crippen LogP contribution is -2.17. The zero-order valence-electron chi connectivity index (χ0n) is 17.7. The van der Waals surface area contributed by atoms with Crippen molar-refractivity contribution in [2.45, 2.75) is 19.1 Å². The molecule has 4 N–H and O–H groups in total. The standard InChI is InChI=1S/C23H23FN6O2/c1-25-23(32)17-10-26-21(29-22(31)12-6-7-12)20-16(17)8-18(28-20)15-5-3-4-14(19(15)24)13-9-27-30(2)11-13/h3-5,8-12,23,25,28,32H,6-7H2,1-2H3,(H,26,29,31). The summed E-state index contributed by atoms with van der Waals surface area (Å²) in [7, 11) is 3.41. The molecule has 0 spiro atoms. The second kappa shape index (κ2) is 7.85. The molecule has 32 heavy (non-hydrogen) atoms. The fourth-order valence-corrected chi connectivity index (χ4v) is 3.84. The van der Waals surface area contributed by atoms with Gasteiger partial charge in [0.1, 0.15) is 12.0 Å². The molecule has 1 saturated carbocycles. The fourth-order valence-electron chi connectivity index (χ4n) is 3.84. The number of benzene rings is 1. The van der Waals surface area contributed by atoms with Gasteiger partial charge in [-0.25, -0.2) is 9.37 Å². The minimum atomic E-state index is -0.964. The predicted molar refractivity (Wildman–Crippen MR) is 119 cm³/mol. The number of aryl methyl sites for hydroxylation is 1. The number of fused-ring (bicyclic) bond motifs is 1. The number of aromatic amines is 1. The van der Waals surface area contributed by atoms with Gasteiger partial charge >= 0.3 is 0 Å². The summed E-state index contributed by atoms with van der Waals surface area (Å²) in [5.41, 5.74) is 3.05. The first-order valence-electron chi connectivity index (χ1n) is 10.4. The number of aromatic nitrogens is 4. The van der Waals surface area contributed by atoms with Gasteiger partial charge in [0.05, 0.1) is 11.7 Å². The van der Waals surface area contributed by atoms with Gasteiger partial charge in [-0.15, -0.1) is 0 Å². The molecule has 0 aliphatic heterocycles. The molecule has 0 radical (unpaired) electrons. The summed E-state index contributed by atoms with van der Waals surface area (Å²) < 4.78 is 17.1. The molecule has 1 aromatic carbocycles. The first-order valence-corrected chi connectivity index (χ1v) is 10.4. The highest BCUT2D eigenvalue weighted by Gasteiger charge is 2.30. The topological polar surface area (TPSA) is 108 Å². The van der Waals surface area contributed by atoms with E-state index >= 15 is 4.39 Å². The molecule has 1 amide bonds. The van der Waals surface area contributed by atoms with Crippen LogP contribution in [-0.2, 0) is 11.8 Å². The van der Waals surface area contributed by atoms with E-state index in [0.717, 1.165) is 12.8 Å². The van der Waals surface area contributed by atoms with Gasteiger partial charge in [-0.3, -0.25) is 14.8 Å². The zero-order chi connectivity index (χ0) is 22.4. The van der Waals surface area contributed by atoms with E-state index < -0.39 is 6.23 Å². The number of anilines is 1. The van der Waals surface area contributed by atoms with Crippen LogP contribution in [0.5, 0.6) is 0 Å². The zero-order valence-corrected chi connectivity index (χ0v) is 17.7. The number of amides is 1. The van der Waals surface area contributed by atoms with Crippen LogP contribution in [0.15, 0.2) is 42.9 Å². The van der Waals surface area contributed by atoms with E-state index in [9.17, 15) is 9.90 Å². The fraction of sp³-hybridized carbons (Fsp3) is 0.261. The third-order valence-electron chi connectivity index (χ3n) is 5.76. The Morgan fingerprint density at radius 1 is 1.31 bits per heavy atom. The number of carbonyl (C=O) groups is 1. The molecule has 5 rings (SSSR count). The second-order valence-electron chi connectivity index (χ2n) is 8.06. The van der Waals surface area contributed by atoms with Crippen molar-refractivity contribution in [3.8, 4) is 22.4 Å². The lowest BCUT2D eigenvalue weighted by atomic mass is 10.0. The van der Waals surface area contributed by atoms with Crippen LogP contribution in [-0.4, -0.2) is 37.8 Å². The Morgan fingerprint density at radius 3 is 2.78 bits per heavy atom. The Hall–Kier alpha value is -3.56. The Balaban J connectivity index is 1.64. The summed E-state index contributed by atoms with van der Waals surface area (Å²) >= 11 is 0. The molecule has 4 aromatic rings. The average Bonchev–Trinajstić information content (AvgIpc) is 3.41. The van der Waals surface area contributed by atoms with Crippen LogP contribution in [0, 0.1) is 11.7 Å². The van der Waals surface area contributed by atoms with E-state index in [1.165, 1.54) is 6.20 Å². The number of aliphatic hydroxyl groups excluding tert-OH is 1. The van der Waals surface area contributed by atoms with E-state index in [-0.39, 0.29) is 17.6 Å². The summed E-state index contributed by atoms with van der Waals surface area (Å²) in [6.45, 7) is 0. The SMILES string of the molecule is CNC(O)c1cnc(NC(=O)C2CC2)c2[nH]c(-c3cccc(-c4cnn(C)c4)c3F)cc12. The van der Waals surface area contributed by atoms with E-state index in [2.05, 4.69) is 25.7 Å². The summed E-state index contributed by atoms with van der Waals surface area (Å²) in [5.74, 6) is -0.0996. The Kier molecular flexibility index (Phi) is 4.99. The third kappa shape index (κ3) is 3.55. The van der Waals surface area contributed by atoms with Gasteiger partial charge in [-0.05, 0) is 32.0 Å². The Morgan fingerprint density at radius 2 is 2.09 bits per heavy atom. The lowest BCUT2D eigenvalue weighted by molar-refractivity contribution is -0.117. The van der Waals surface area contributed by atoms with Gasteiger partial charge in [-0.2, -0.15) is 5.10 Å². The minimum absolute atomic E-state index is 0.0115. The molecule has 3 heterocycles. The second-order valence-corrected chi connectivity index (χ2v) is 8.06. The molecule has 0 bridgehead atoms. The van der Waals surface area contributed by atoms with Gasteiger partial charge in [0, 0.05) is 58.7 Å². The summed E-state index contributed by atoms with van der Waals surface area (Å²) in [6, 6.07) is 6.94. The number of aliphatic hydroxyl groups is 1. The number of H-pyrrole nitrogens is 1. The summed E-state index contributed by atoms with van der Waals surface area (Å²) in [6.07, 6.45) is 5.66. The van der Waals surface area contributed by atoms with Crippen molar-refractivity contribution in [1.29, 1.82) is 0 Å². The van der Waals surface area contributed by atoms with Crippen LogP contribution in [0.25, 0.3) is 33.3 Å². The maximum Gasteiger partial charge on any atom is 0.228 e. The number of nitrogens with zero attached hydrogens (tertiary/aromatic N) is 3. The van der Waals surface area contributed by atoms with Crippen molar-refractivity contribution in [3.63, 3.8) is 0 Å². The van der Waals surface area contributed by atoms with Gasteiger partial charge in [0.25, 0.3) is 0 Å². The van der Waals surface area contributed by atoms with Crippen LogP contribution in [0.2, 0.25) is 0 Å². The van der Waals surface area contributed by atoms with E-state index in [4.69, 9.17) is 0 Å². The highest BCUT2D eigenvalue weighted by molar-refractivity contribution is 6.03. The van der Waals surface area contributed by atoms with Crippen molar-refractivity contribution in [2.24, 2.45) is 13.0 Å². The predicted octanol–water partition coefficient (Wildman–Crippen LogP) is 3.33. The molecule has 3 aromatic heterocycles. The molecule has 164 valence electrons. The van der Waals surface area contributed by atoms with Crippen LogP contribution < -0.4 is 10.6 Å². The Labute approximate surface area is 183 Å². The number of carbonyl (C=O) groups excluding carboxylic acids is 1. The Bertz CT molecular complexity index is 1320. The number of pyridine rings is 1. The number of halogens is 1. The van der Waals surface area contributed by atoms with Crippen LogP contribution >= 0.6 is 0 Å². The largest absolute Gasteiger partial charge is 0.374 e. The summed E-state index contributed by atoms with van der Waals surface area (Å²) in [5, 5.41) is 20.8. The minimum Gasteiger partial charge on any atom is -0.374 e. The quantitative estimate of drug-likeness (QED) is 0.348. The highest BCUT2D eigenvalue weighted by Crippen LogP contribution is 2.36. The first-order chi connectivity index (χ1) is 15.5. The molecule has 9 heteroatoms. The van der Waals surface area contributed by atoms with Gasteiger partial charge in [-0.1, -0.05) is 12.1 Å². The molecular weight excluding hydrogens is 411 g/mol. The molecular formula is C23H23FN6O2. The van der Waals surface area contributed by atoms with Crippen molar-refractivity contribution in [3.05, 3.63) is 54.2 Å². The van der Waals surface area contributed by atoms with Crippen molar-refractivity contribution in [1.82, 2.24) is 25.1 Å². The van der Waals surface area contributed by atoms with E-state index in [1.807, 2.05) is 0 Å². The molecule has 0 saturated heterocycles. The number of hydrogen-bond acceptors (Lipinski definition) is 5. The molecule has 1 fully saturated rings. The number of nitrogens with one attached hydrogen (secondary N) is 3. The smallest absolute Gasteiger partial charge is 0.228 e. The van der Waals surface area contributed by atoms with Gasteiger partial charge in [0.2, 0.25) is 5.91 Å². The summed E-state index contributed by atoms with van der Waals surface area (Å²) in [4.78, 5) is 19.9. The maximum atomic E-state index is 15.5. The molecule has 1 aliphatic carbocycles. The van der Waals surface area contributed by atoms with Crippen LogP contribution in [0.3, 0.4) is 0 Å². The van der Waals surface area contributed by atoms with Crippen LogP contribution in [0.1, 0.15) is 24.6 Å². The third-order valence-corrected chi connectivity index (χ3v) is 5.76. The van der Waals surface area contributed by atoms with Gasteiger partial charge in [0.15, 0.2) is 5.82 Å². The van der Waals surface area contributed by atoms with Crippen molar-refractivity contribution >= 4 is 22.6 Å². The lowest BCUT2D eigenvalue weighted by Gasteiger charge is -2.12. The molecule has 1 atom stereocenters. The molecule has 1 unspecified atom stereocenters. The van der Waals surface area contributed by atoms with E-state index in [0.29, 0.717) is 44.7 Å². The molecule has 8 nitrogen and oxygen atoms in total. The van der Waals surface area contributed by atoms with Gasteiger partial charge < -0.3 is 15.4 Å². The number of hydrogen-bond donors (Lipinski definition) is 4.